The standard InChI is InChI=1S/C45H69N13O10/c1-3-26(2)37(44(68)54-30(18-12-22-52-45(50)51)40(64)55-32(38(49)62)23-27-13-6-4-7-14-27)58-43(67)33(24-28-15-8-5-9-16-28)57-41(65)31(19-20-36(60)61)53-42(66)34(25-35(48)59)56-39(63)29(47)17-10-11-21-46/h4-9,13-16,26,29-34,37H,3,10-12,17-25,46-47H2,1-2H3,(H2,48,59)(H2,49,62)(H,53,66)(H,54,68)(H,55,64)(H,56,63)(H,57,65)(H,58,67)(H,60,61)(H4,50,51,52)/t26-,29-,30-,31-,32-,33-,34-,37-/m0/s1. The number of hydrogen-bond donors (Lipinski definition) is 13. The van der Waals surface area contributed by atoms with Crippen molar-refractivity contribution in [2.45, 2.75) is 127 Å². The Hall–Kier alpha value is -7.14. The lowest BCUT2D eigenvalue weighted by molar-refractivity contribution is -0.138. The summed E-state index contributed by atoms with van der Waals surface area (Å²) in [6, 6.07) is 7.77. The van der Waals surface area contributed by atoms with Gasteiger partial charge in [0.05, 0.1) is 12.5 Å². The van der Waals surface area contributed by atoms with Crippen LogP contribution in [-0.2, 0) is 56.0 Å². The van der Waals surface area contributed by atoms with Gasteiger partial charge in [0, 0.05) is 25.8 Å². The Balaban J connectivity index is 2.46. The van der Waals surface area contributed by atoms with E-state index in [2.05, 4.69) is 36.9 Å². The zero-order valence-corrected chi connectivity index (χ0v) is 38.6. The molecule has 0 saturated heterocycles. The molecule has 0 aliphatic rings. The fourth-order valence-corrected chi connectivity index (χ4v) is 6.80. The van der Waals surface area contributed by atoms with Crippen molar-refractivity contribution in [3.8, 4) is 0 Å². The van der Waals surface area contributed by atoms with Crippen molar-refractivity contribution in [2.75, 3.05) is 13.1 Å². The number of carboxylic acids is 1. The van der Waals surface area contributed by atoms with E-state index in [0.29, 0.717) is 36.9 Å². The number of hydrogen-bond acceptors (Lipinski definition) is 12. The molecule has 0 unspecified atom stereocenters. The van der Waals surface area contributed by atoms with Gasteiger partial charge in [-0.15, -0.1) is 0 Å². The number of nitrogens with one attached hydrogen (secondary N) is 6. The van der Waals surface area contributed by atoms with Gasteiger partial charge in [0.1, 0.15) is 36.3 Å². The first-order valence-electron chi connectivity index (χ1n) is 22.5. The van der Waals surface area contributed by atoms with E-state index < -0.39 is 121 Å². The van der Waals surface area contributed by atoms with Crippen molar-refractivity contribution in [3.05, 3.63) is 71.8 Å². The van der Waals surface area contributed by atoms with Gasteiger partial charge < -0.3 is 71.4 Å². The number of unbranched alkanes of at least 4 members (excludes halogenated alkanes) is 1. The molecule has 0 fully saturated rings. The monoisotopic (exact) mass is 952 g/mol. The van der Waals surface area contributed by atoms with Crippen molar-refractivity contribution in [1.82, 2.24) is 31.9 Å². The van der Waals surface area contributed by atoms with E-state index in [-0.39, 0.29) is 44.6 Å². The predicted molar refractivity (Wildman–Crippen MR) is 252 cm³/mol. The number of amides is 8. The number of carbonyl (C=O) groups excluding carboxylic acids is 8. The third-order valence-corrected chi connectivity index (χ3v) is 10.9. The summed E-state index contributed by atoms with van der Waals surface area (Å²) < 4.78 is 0. The van der Waals surface area contributed by atoms with Crippen LogP contribution in [0.2, 0.25) is 0 Å². The lowest BCUT2D eigenvalue weighted by Gasteiger charge is -2.29. The highest BCUT2D eigenvalue weighted by atomic mass is 16.4. The first kappa shape index (κ1) is 57.0. The Kier molecular flexibility index (Phi) is 25.3. The number of aliphatic imine (C=N–C) groups is 1. The number of nitrogens with zero attached hydrogens (tertiary/aromatic N) is 1. The summed E-state index contributed by atoms with van der Waals surface area (Å²) in [5.74, 6) is -9.14. The summed E-state index contributed by atoms with van der Waals surface area (Å²) in [4.78, 5) is 123. The predicted octanol–water partition coefficient (Wildman–Crippen LogP) is -2.84. The average Bonchev–Trinajstić information content (AvgIpc) is 3.29. The maximum atomic E-state index is 14.4. The topological polar surface area (TPSA) is 415 Å². The highest BCUT2D eigenvalue weighted by Crippen LogP contribution is 2.13. The number of guanidine groups is 1. The number of primary amides is 2. The number of aliphatic carboxylic acids is 1. The number of carboxylic acid groups (broad SMARTS) is 1. The van der Waals surface area contributed by atoms with E-state index in [1.165, 1.54) is 0 Å². The second-order valence-corrected chi connectivity index (χ2v) is 16.4. The Labute approximate surface area is 395 Å². The molecule has 23 heteroatoms. The van der Waals surface area contributed by atoms with Gasteiger partial charge in [0.2, 0.25) is 47.3 Å². The van der Waals surface area contributed by atoms with E-state index in [9.17, 15) is 48.3 Å². The van der Waals surface area contributed by atoms with Gasteiger partial charge in [-0.3, -0.25) is 48.1 Å². The van der Waals surface area contributed by atoms with Crippen LogP contribution < -0.4 is 66.3 Å². The third-order valence-electron chi connectivity index (χ3n) is 10.9. The van der Waals surface area contributed by atoms with Crippen LogP contribution in [0.5, 0.6) is 0 Å². The molecular weight excluding hydrogens is 883 g/mol. The molecule has 23 nitrogen and oxygen atoms in total. The van der Waals surface area contributed by atoms with Crippen molar-refractivity contribution < 1.29 is 48.3 Å². The minimum Gasteiger partial charge on any atom is -0.481 e. The molecule has 8 atom stereocenters. The van der Waals surface area contributed by atoms with Gasteiger partial charge >= 0.3 is 5.97 Å². The molecule has 0 aliphatic carbocycles. The summed E-state index contributed by atoms with van der Waals surface area (Å²) in [6.07, 6.45) is -0.0572. The smallest absolute Gasteiger partial charge is 0.303 e. The molecule has 0 aromatic heterocycles. The van der Waals surface area contributed by atoms with E-state index in [1.54, 1.807) is 74.5 Å². The SMILES string of the molecule is CC[C@H](C)[C@H](NC(=O)[C@H](Cc1ccccc1)NC(=O)[C@H](CCC(=O)O)NC(=O)[C@H](CC(N)=O)NC(=O)[C@@H](N)CCCCN)C(=O)N[C@@H](CCCN=C(N)N)C(=O)N[C@@H](Cc1ccccc1)C(N)=O. The first-order valence-corrected chi connectivity index (χ1v) is 22.5. The number of rotatable bonds is 32. The Bertz CT molecular complexity index is 2020. The van der Waals surface area contributed by atoms with E-state index in [0.717, 1.165) is 0 Å². The van der Waals surface area contributed by atoms with Crippen molar-refractivity contribution in [2.24, 2.45) is 45.3 Å². The molecule has 0 aliphatic heterocycles. The Morgan fingerprint density at radius 2 is 1.07 bits per heavy atom. The molecule has 8 amide bonds. The second-order valence-electron chi connectivity index (χ2n) is 16.4. The van der Waals surface area contributed by atoms with Crippen LogP contribution >= 0.6 is 0 Å². The normalized spacial score (nSPS) is 14.4. The summed E-state index contributed by atoms with van der Waals surface area (Å²) in [5.41, 5.74) is 34.8. The Morgan fingerprint density at radius 3 is 1.59 bits per heavy atom. The number of carbonyl (C=O) groups is 9. The average molecular weight is 952 g/mol. The molecule has 0 spiro atoms. The van der Waals surface area contributed by atoms with Crippen LogP contribution in [0.3, 0.4) is 0 Å². The van der Waals surface area contributed by atoms with Gasteiger partial charge in [-0.25, -0.2) is 0 Å². The molecule has 0 radical (unpaired) electrons. The molecule has 19 N–H and O–H groups in total. The first-order chi connectivity index (χ1) is 32.2. The van der Waals surface area contributed by atoms with Gasteiger partial charge in [-0.05, 0) is 55.7 Å². The maximum Gasteiger partial charge on any atom is 0.303 e. The fourth-order valence-electron chi connectivity index (χ4n) is 6.80. The molecule has 68 heavy (non-hydrogen) atoms. The molecule has 0 saturated carbocycles. The molecule has 0 bridgehead atoms. The van der Waals surface area contributed by atoms with Gasteiger partial charge in [-0.1, -0.05) is 87.4 Å². The lowest BCUT2D eigenvalue weighted by atomic mass is 9.96. The van der Waals surface area contributed by atoms with Gasteiger partial charge in [0.15, 0.2) is 5.96 Å². The van der Waals surface area contributed by atoms with Crippen molar-refractivity contribution in [1.29, 1.82) is 0 Å². The van der Waals surface area contributed by atoms with Crippen LogP contribution in [0.4, 0.5) is 0 Å². The molecule has 374 valence electrons. The zero-order chi connectivity index (χ0) is 50.8. The van der Waals surface area contributed by atoms with Crippen LogP contribution in [0.25, 0.3) is 0 Å². The molecule has 2 aromatic carbocycles. The zero-order valence-electron chi connectivity index (χ0n) is 38.6. The fraction of sp³-hybridized carbons (Fsp3) is 0.511. The molecule has 2 rings (SSSR count). The highest BCUT2D eigenvalue weighted by Gasteiger charge is 2.35. The summed E-state index contributed by atoms with van der Waals surface area (Å²) in [5, 5.41) is 24.9. The van der Waals surface area contributed by atoms with E-state index in [1.807, 2.05) is 0 Å². The van der Waals surface area contributed by atoms with Gasteiger partial charge in [-0.2, -0.15) is 0 Å². The second kappa shape index (κ2) is 30.2. The van der Waals surface area contributed by atoms with Crippen LogP contribution in [0, 0.1) is 5.92 Å². The maximum absolute atomic E-state index is 14.4. The number of nitrogens with two attached hydrogens (primary N) is 6. The molecule has 2 aromatic rings. The van der Waals surface area contributed by atoms with Crippen LogP contribution in [-0.4, -0.2) is 120 Å². The van der Waals surface area contributed by atoms with Crippen molar-refractivity contribution >= 4 is 59.2 Å². The number of benzene rings is 2. The summed E-state index contributed by atoms with van der Waals surface area (Å²) in [7, 11) is 0. The highest BCUT2D eigenvalue weighted by molar-refractivity contribution is 5.98. The summed E-state index contributed by atoms with van der Waals surface area (Å²) >= 11 is 0. The largest absolute Gasteiger partial charge is 0.481 e. The Morgan fingerprint density at radius 1 is 0.588 bits per heavy atom. The van der Waals surface area contributed by atoms with Crippen molar-refractivity contribution in [3.63, 3.8) is 0 Å². The quantitative estimate of drug-likeness (QED) is 0.0200. The van der Waals surface area contributed by atoms with Gasteiger partial charge in [0.25, 0.3) is 0 Å². The molecule has 0 heterocycles. The minimum absolute atomic E-state index is 0.00589. The van der Waals surface area contributed by atoms with Crippen LogP contribution in [0.15, 0.2) is 65.7 Å². The lowest BCUT2D eigenvalue weighted by Crippen LogP contribution is -2.61. The van der Waals surface area contributed by atoms with E-state index >= 15 is 0 Å². The van der Waals surface area contributed by atoms with Crippen LogP contribution in [0.1, 0.15) is 82.8 Å². The summed E-state index contributed by atoms with van der Waals surface area (Å²) in [6.45, 7) is 3.90. The third kappa shape index (κ3) is 21.4. The molecular formula is C45H69N13O10. The minimum atomic E-state index is -1.63. The van der Waals surface area contributed by atoms with E-state index in [4.69, 9.17) is 34.4 Å².